The van der Waals surface area contributed by atoms with Crippen molar-refractivity contribution in [2.75, 3.05) is 7.11 Å². The van der Waals surface area contributed by atoms with Crippen LogP contribution in [0.5, 0.6) is 11.5 Å². The molecule has 1 aromatic rings. The average Bonchev–Trinajstić information content (AvgIpc) is 2.18. The maximum Gasteiger partial charge on any atom is 0.573 e. The van der Waals surface area contributed by atoms with E-state index in [0.717, 1.165) is 6.20 Å². The highest BCUT2D eigenvalue weighted by Gasteiger charge is 2.33. The number of aldehydes is 1. The van der Waals surface area contributed by atoms with Gasteiger partial charge in [-0.05, 0) is 22.6 Å². The number of ether oxygens (including phenoxy) is 2. The topological polar surface area (TPSA) is 48.4 Å². The summed E-state index contributed by atoms with van der Waals surface area (Å²) in [5.74, 6) is -0.725. The van der Waals surface area contributed by atoms with Crippen LogP contribution in [0.4, 0.5) is 13.2 Å². The van der Waals surface area contributed by atoms with Crippen LogP contribution in [0.1, 0.15) is 10.4 Å². The van der Waals surface area contributed by atoms with Gasteiger partial charge >= 0.3 is 6.36 Å². The van der Waals surface area contributed by atoms with Crippen molar-refractivity contribution in [1.82, 2.24) is 4.98 Å². The minimum atomic E-state index is -4.88. The molecule has 0 fully saturated rings. The first kappa shape index (κ1) is 13.0. The molecule has 1 heterocycles. The number of hydrogen-bond donors (Lipinski definition) is 0. The lowest BCUT2D eigenvalue weighted by Crippen LogP contribution is -2.18. The summed E-state index contributed by atoms with van der Waals surface area (Å²) in [7, 11) is 1.23. The number of carbonyl (C=O) groups is 1. The van der Waals surface area contributed by atoms with E-state index in [2.05, 4.69) is 9.72 Å². The van der Waals surface area contributed by atoms with E-state index in [1.54, 1.807) is 22.6 Å². The summed E-state index contributed by atoms with van der Waals surface area (Å²) in [5.41, 5.74) is -0.320. The van der Waals surface area contributed by atoms with E-state index < -0.39 is 12.1 Å². The average molecular weight is 347 g/mol. The molecule has 0 bridgehead atoms. The van der Waals surface area contributed by atoms with Crippen molar-refractivity contribution >= 4 is 28.9 Å². The van der Waals surface area contributed by atoms with E-state index in [9.17, 15) is 18.0 Å². The number of halogens is 4. The van der Waals surface area contributed by atoms with Gasteiger partial charge in [-0.3, -0.25) is 4.79 Å². The number of hydrogen-bond acceptors (Lipinski definition) is 4. The summed E-state index contributed by atoms with van der Waals surface area (Å²) in [6.45, 7) is 0. The van der Waals surface area contributed by atoms with Gasteiger partial charge in [0.25, 0.3) is 0 Å². The van der Waals surface area contributed by atoms with Crippen molar-refractivity contribution in [3.63, 3.8) is 0 Å². The smallest absolute Gasteiger partial charge is 0.493 e. The zero-order chi connectivity index (χ0) is 12.3. The second-order valence-corrected chi connectivity index (χ2v) is 3.55. The second-order valence-electron chi connectivity index (χ2n) is 2.53. The maximum absolute atomic E-state index is 12.0. The Balaban J connectivity index is 3.25. The fourth-order valence-electron chi connectivity index (χ4n) is 0.978. The van der Waals surface area contributed by atoms with Crippen molar-refractivity contribution in [1.29, 1.82) is 0 Å². The number of carbonyl (C=O) groups excluding carboxylic acids is 1. The summed E-state index contributed by atoms with van der Waals surface area (Å²) in [6, 6.07) is 0. The molecule has 0 spiro atoms. The Kier molecular flexibility index (Phi) is 3.94. The number of nitrogens with zero attached hydrogens (tertiary/aromatic N) is 1. The Morgan fingerprint density at radius 3 is 2.56 bits per heavy atom. The van der Waals surface area contributed by atoms with Crippen LogP contribution in [0.3, 0.4) is 0 Å². The van der Waals surface area contributed by atoms with Crippen LogP contribution < -0.4 is 9.47 Å². The lowest BCUT2D eigenvalue weighted by atomic mass is 10.2. The molecule has 4 nitrogen and oxygen atoms in total. The lowest BCUT2D eigenvalue weighted by Gasteiger charge is -2.13. The van der Waals surface area contributed by atoms with Crippen molar-refractivity contribution < 1.29 is 27.4 Å². The molecule has 0 aliphatic carbocycles. The lowest BCUT2D eigenvalue weighted by molar-refractivity contribution is -0.274. The van der Waals surface area contributed by atoms with Crippen molar-refractivity contribution in [2.45, 2.75) is 6.36 Å². The molecule has 0 saturated carbocycles. The van der Waals surface area contributed by atoms with E-state index in [0.29, 0.717) is 0 Å². The highest BCUT2D eigenvalue weighted by molar-refractivity contribution is 14.1. The first-order valence-corrected chi connectivity index (χ1v) is 4.90. The quantitative estimate of drug-likeness (QED) is 0.479. The van der Waals surface area contributed by atoms with Gasteiger partial charge in [-0.1, -0.05) is 0 Å². The van der Waals surface area contributed by atoms with Gasteiger partial charge in [0.2, 0.25) is 0 Å². The molecule has 16 heavy (non-hydrogen) atoms. The number of alkyl halides is 3. The maximum atomic E-state index is 12.0. The molecular formula is C8H5F3INO3. The van der Waals surface area contributed by atoms with Crippen molar-refractivity contribution in [3.05, 3.63) is 15.5 Å². The standard InChI is InChI=1S/C8H5F3INO3/c1-15-6-4(3-14)5(2-13-7(6)12)16-8(9,10)11/h2-3H,1H3. The number of aromatic nitrogens is 1. The molecular weight excluding hydrogens is 342 g/mol. The summed E-state index contributed by atoms with van der Waals surface area (Å²) in [4.78, 5) is 14.3. The zero-order valence-electron chi connectivity index (χ0n) is 7.84. The first-order valence-electron chi connectivity index (χ1n) is 3.82. The van der Waals surface area contributed by atoms with E-state index in [-0.39, 0.29) is 21.3 Å². The van der Waals surface area contributed by atoms with E-state index >= 15 is 0 Å². The van der Waals surface area contributed by atoms with Crippen LogP contribution in [0, 0.1) is 3.70 Å². The Labute approximate surface area is 102 Å². The highest BCUT2D eigenvalue weighted by atomic mass is 127. The van der Waals surface area contributed by atoms with E-state index in [1.165, 1.54) is 7.11 Å². The van der Waals surface area contributed by atoms with Gasteiger partial charge in [0.05, 0.1) is 13.3 Å². The number of pyridine rings is 1. The summed E-state index contributed by atoms with van der Waals surface area (Å²) in [5, 5.41) is 0. The molecule has 0 unspecified atom stereocenters. The molecule has 0 aromatic carbocycles. The van der Waals surface area contributed by atoms with Gasteiger partial charge in [-0.15, -0.1) is 13.2 Å². The van der Waals surface area contributed by atoms with Gasteiger partial charge in [-0.25, -0.2) is 4.98 Å². The molecule has 88 valence electrons. The van der Waals surface area contributed by atoms with Crippen LogP contribution >= 0.6 is 22.6 Å². The molecule has 1 rings (SSSR count). The predicted molar refractivity (Wildman–Crippen MR) is 55.6 cm³/mol. The van der Waals surface area contributed by atoms with Gasteiger partial charge in [0.1, 0.15) is 9.26 Å². The third-order valence-electron chi connectivity index (χ3n) is 1.54. The predicted octanol–water partition coefficient (Wildman–Crippen LogP) is 2.41. The summed E-state index contributed by atoms with van der Waals surface area (Å²) >= 11 is 1.73. The minimum Gasteiger partial charge on any atom is -0.493 e. The highest BCUT2D eigenvalue weighted by Crippen LogP contribution is 2.32. The fraction of sp³-hybridized carbons (Fsp3) is 0.250. The molecule has 0 saturated heterocycles. The molecule has 0 amide bonds. The summed E-state index contributed by atoms with van der Waals surface area (Å²) < 4.78 is 44.6. The number of methoxy groups -OCH3 is 1. The van der Waals surface area contributed by atoms with Crippen LogP contribution in [-0.4, -0.2) is 24.7 Å². The van der Waals surface area contributed by atoms with Crippen LogP contribution in [-0.2, 0) is 0 Å². The van der Waals surface area contributed by atoms with Crippen LogP contribution in [0.25, 0.3) is 0 Å². The monoisotopic (exact) mass is 347 g/mol. The second kappa shape index (κ2) is 4.85. The van der Waals surface area contributed by atoms with E-state index in [1.807, 2.05) is 0 Å². The SMILES string of the molecule is COc1c(I)ncc(OC(F)(F)F)c1C=O. The molecule has 8 heteroatoms. The minimum absolute atomic E-state index is 0.0441. The summed E-state index contributed by atoms with van der Waals surface area (Å²) in [6.07, 6.45) is -3.83. The van der Waals surface area contributed by atoms with Crippen molar-refractivity contribution in [3.8, 4) is 11.5 Å². The van der Waals surface area contributed by atoms with E-state index in [4.69, 9.17) is 4.74 Å². The molecule has 0 aliphatic rings. The Bertz CT molecular complexity index is 408. The molecule has 0 radical (unpaired) electrons. The van der Waals surface area contributed by atoms with Gasteiger partial charge < -0.3 is 9.47 Å². The molecule has 0 aliphatic heterocycles. The molecule has 0 N–H and O–H groups in total. The Hall–Kier alpha value is -1.06. The third-order valence-corrected chi connectivity index (χ3v) is 2.31. The van der Waals surface area contributed by atoms with Crippen LogP contribution in [0.2, 0.25) is 0 Å². The van der Waals surface area contributed by atoms with Crippen LogP contribution in [0.15, 0.2) is 6.20 Å². The Morgan fingerprint density at radius 2 is 2.12 bits per heavy atom. The van der Waals surface area contributed by atoms with Gasteiger partial charge in [-0.2, -0.15) is 0 Å². The Morgan fingerprint density at radius 1 is 1.50 bits per heavy atom. The third kappa shape index (κ3) is 2.97. The molecule has 1 aromatic heterocycles. The largest absolute Gasteiger partial charge is 0.573 e. The fourth-order valence-corrected chi connectivity index (χ4v) is 1.63. The van der Waals surface area contributed by atoms with Gasteiger partial charge in [0.15, 0.2) is 17.8 Å². The number of rotatable bonds is 3. The zero-order valence-corrected chi connectivity index (χ0v) is 10.00. The van der Waals surface area contributed by atoms with Gasteiger partial charge in [0, 0.05) is 0 Å². The normalized spacial score (nSPS) is 11.1. The van der Waals surface area contributed by atoms with Crippen molar-refractivity contribution in [2.24, 2.45) is 0 Å². The first-order chi connectivity index (χ1) is 7.39. The molecule has 0 atom stereocenters.